The van der Waals surface area contributed by atoms with Crippen LogP contribution in [0, 0.1) is 18.8 Å². The van der Waals surface area contributed by atoms with Gasteiger partial charge in [0.2, 0.25) is 0 Å². The van der Waals surface area contributed by atoms with Gasteiger partial charge in [-0.05, 0) is 90.8 Å². The number of likely N-dealkylation sites (tertiary alicyclic amines) is 1. The number of carbonyl (C=O) groups is 2. The molecule has 3 rings (SSSR count). The van der Waals surface area contributed by atoms with Crippen molar-refractivity contribution in [1.29, 1.82) is 0 Å². The molecular formula is C24H41N5O3. The Morgan fingerprint density at radius 3 is 2.59 bits per heavy atom. The summed E-state index contributed by atoms with van der Waals surface area (Å²) in [7, 11) is 1.90. The fourth-order valence-electron chi connectivity index (χ4n) is 4.74. The van der Waals surface area contributed by atoms with Crippen molar-refractivity contribution in [1.82, 2.24) is 24.9 Å². The number of hydrogen-bond donors (Lipinski definition) is 1. The van der Waals surface area contributed by atoms with E-state index >= 15 is 0 Å². The molecule has 0 radical (unpaired) electrons. The maximum absolute atomic E-state index is 13.1. The third-order valence-corrected chi connectivity index (χ3v) is 6.34. The summed E-state index contributed by atoms with van der Waals surface area (Å²) in [6, 6.07) is 1.91. The Balaban J connectivity index is 1.58. The van der Waals surface area contributed by atoms with Gasteiger partial charge in [0.1, 0.15) is 11.3 Å². The molecule has 0 saturated carbocycles. The standard InChI is InChI=1S/C24H41N5O3/c1-18-14-21-22(30)27(5)17-20(16-25-10-6-7-11-29(21)26-18)15-19-8-12-28(13-9-19)23(31)32-24(2,3)4/h14,19-20,25H,6-13,15-17H2,1-5H3. The minimum atomic E-state index is -0.460. The predicted molar refractivity (Wildman–Crippen MR) is 125 cm³/mol. The Hall–Kier alpha value is -2.09. The molecule has 180 valence electrons. The van der Waals surface area contributed by atoms with E-state index in [1.807, 2.05) is 55.3 Å². The molecule has 0 spiro atoms. The lowest BCUT2D eigenvalue weighted by atomic mass is 9.86. The van der Waals surface area contributed by atoms with Crippen molar-refractivity contribution in [3.8, 4) is 0 Å². The van der Waals surface area contributed by atoms with Gasteiger partial charge in [0.25, 0.3) is 5.91 Å². The molecule has 0 aromatic carbocycles. The van der Waals surface area contributed by atoms with Crippen LogP contribution < -0.4 is 5.32 Å². The van der Waals surface area contributed by atoms with Crippen molar-refractivity contribution in [3.05, 3.63) is 17.5 Å². The van der Waals surface area contributed by atoms with Crippen LogP contribution in [0.2, 0.25) is 0 Å². The van der Waals surface area contributed by atoms with Gasteiger partial charge in [0, 0.05) is 33.2 Å². The van der Waals surface area contributed by atoms with E-state index in [0.717, 1.165) is 77.1 Å². The van der Waals surface area contributed by atoms with Crippen LogP contribution in [0.15, 0.2) is 6.07 Å². The molecule has 32 heavy (non-hydrogen) atoms. The van der Waals surface area contributed by atoms with Gasteiger partial charge >= 0.3 is 6.09 Å². The highest BCUT2D eigenvalue weighted by molar-refractivity contribution is 5.92. The monoisotopic (exact) mass is 447 g/mol. The zero-order chi connectivity index (χ0) is 23.3. The third-order valence-electron chi connectivity index (χ3n) is 6.34. The van der Waals surface area contributed by atoms with Gasteiger partial charge < -0.3 is 19.9 Å². The summed E-state index contributed by atoms with van der Waals surface area (Å²) in [6.07, 6.45) is 4.90. The molecule has 1 N–H and O–H groups in total. The number of ether oxygens (including phenoxy) is 1. The summed E-state index contributed by atoms with van der Waals surface area (Å²) in [4.78, 5) is 29.2. The zero-order valence-electron chi connectivity index (χ0n) is 20.5. The van der Waals surface area contributed by atoms with Crippen LogP contribution in [-0.2, 0) is 11.3 Å². The average Bonchev–Trinajstić information content (AvgIpc) is 3.08. The number of hydrogen-bond acceptors (Lipinski definition) is 5. The van der Waals surface area contributed by atoms with Crippen LogP contribution in [0.1, 0.15) is 69.1 Å². The highest BCUT2D eigenvalue weighted by atomic mass is 16.6. The second kappa shape index (κ2) is 10.7. The quantitative estimate of drug-likeness (QED) is 0.752. The minimum Gasteiger partial charge on any atom is -0.444 e. The molecule has 1 fully saturated rings. The number of amides is 2. The number of nitrogens with zero attached hydrogens (tertiary/aromatic N) is 4. The summed E-state index contributed by atoms with van der Waals surface area (Å²) in [6.45, 7) is 12.6. The van der Waals surface area contributed by atoms with E-state index in [1.165, 1.54) is 0 Å². The first-order chi connectivity index (χ1) is 15.1. The van der Waals surface area contributed by atoms with E-state index in [9.17, 15) is 9.59 Å². The molecular weight excluding hydrogens is 406 g/mol. The smallest absolute Gasteiger partial charge is 0.410 e. The molecule has 2 amide bonds. The largest absolute Gasteiger partial charge is 0.444 e. The molecule has 2 aliphatic rings. The topological polar surface area (TPSA) is 79.7 Å². The zero-order valence-corrected chi connectivity index (χ0v) is 20.5. The molecule has 3 heterocycles. The van der Waals surface area contributed by atoms with Gasteiger partial charge in [-0.25, -0.2) is 4.79 Å². The van der Waals surface area contributed by atoms with Crippen molar-refractivity contribution in [2.75, 3.05) is 39.8 Å². The van der Waals surface area contributed by atoms with Crippen molar-refractivity contribution in [2.45, 2.75) is 71.9 Å². The summed E-state index contributed by atoms with van der Waals surface area (Å²) in [5, 5.41) is 8.13. The highest BCUT2D eigenvalue weighted by Gasteiger charge is 2.29. The van der Waals surface area contributed by atoms with E-state index in [1.54, 1.807) is 0 Å². The third kappa shape index (κ3) is 6.95. The molecule has 8 nitrogen and oxygen atoms in total. The molecule has 1 aromatic heterocycles. The molecule has 0 bridgehead atoms. The van der Waals surface area contributed by atoms with Gasteiger partial charge in [0.15, 0.2) is 0 Å². The fourth-order valence-corrected chi connectivity index (χ4v) is 4.74. The molecule has 1 unspecified atom stereocenters. The van der Waals surface area contributed by atoms with Crippen LogP contribution in [-0.4, -0.2) is 77.0 Å². The van der Waals surface area contributed by atoms with Gasteiger partial charge in [-0.1, -0.05) is 0 Å². The molecule has 0 aliphatic carbocycles. The number of fused-ring (bicyclic) bond motifs is 1. The number of carbonyl (C=O) groups excluding carboxylic acids is 2. The lowest BCUT2D eigenvalue weighted by molar-refractivity contribution is 0.0172. The molecule has 8 heteroatoms. The Kier molecular flexibility index (Phi) is 8.20. The minimum absolute atomic E-state index is 0.0518. The number of rotatable bonds is 2. The predicted octanol–water partition coefficient (Wildman–Crippen LogP) is 3.30. The van der Waals surface area contributed by atoms with Crippen LogP contribution in [0.5, 0.6) is 0 Å². The summed E-state index contributed by atoms with van der Waals surface area (Å²) in [5.41, 5.74) is 1.13. The second-order valence-electron chi connectivity index (χ2n) is 10.5. The lowest BCUT2D eigenvalue weighted by Gasteiger charge is -2.35. The molecule has 1 atom stereocenters. The SMILES string of the molecule is Cc1cc2n(n1)CCCCNCC(CC1CCN(C(=O)OC(C)(C)C)CC1)CN(C)C2=O. The van der Waals surface area contributed by atoms with E-state index in [-0.39, 0.29) is 12.0 Å². The van der Waals surface area contributed by atoms with Crippen LogP contribution in [0.3, 0.4) is 0 Å². The Morgan fingerprint density at radius 2 is 1.91 bits per heavy atom. The van der Waals surface area contributed by atoms with Gasteiger partial charge in [-0.3, -0.25) is 9.48 Å². The van der Waals surface area contributed by atoms with Crippen LogP contribution in [0.25, 0.3) is 0 Å². The number of nitrogens with one attached hydrogen (secondary N) is 1. The van der Waals surface area contributed by atoms with E-state index in [2.05, 4.69) is 10.4 Å². The van der Waals surface area contributed by atoms with Gasteiger partial charge in [-0.15, -0.1) is 0 Å². The Bertz CT molecular complexity index is 777. The van der Waals surface area contributed by atoms with Crippen LogP contribution >= 0.6 is 0 Å². The van der Waals surface area contributed by atoms with Gasteiger partial charge in [0.05, 0.1) is 5.69 Å². The first kappa shape index (κ1) is 24.6. The number of aryl methyl sites for hydroxylation is 2. The summed E-state index contributed by atoms with van der Waals surface area (Å²) < 4.78 is 7.39. The Labute approximate surface area is 192 Å². The van der Waals surface area contributed by atoms with Crippen molar-refractivity contribution < 1.29 is 14.3 Å². The second-order valence-corrected chi connectivity index (χ2v) is 10.5. The molecule has 1 saturated heterocycles. The van der Waals surface area contributed by atoms with E-state index in [4.69, 9.17) is 4.74 Å². The van der Waals surface area contributed by atoms with Crippen LogP contribution in [0.4, 0.5) is 4.79 Å². The summed E-state index contributed by atoms with van der Waals surface area (Å²) >= 11 is 0. The van der Waals surface area contributed by atoms with Crippen molar-refractivity contribution in [2.24, 2.45) is 11.8 Å². The lowest BCUT2D eigenvalue weighted by Crippen LogP contribution is -2.43. The average molecular weight is 448 g/mol. The maximum atomic E-state index is 13.1. The Morgan fingerprint density at radius 1 is 1.19 bits per heavy atom. The number of aromatic nitrogens is 2. The van der Waals surface area contributed by atoms with E-state index < -0.39 is 5.60 Å². The van der Waals surface area contributed by atoms with Gasteiger partial charge in [-0.2, -0.15) is 5.10 Å². The van der Waals surface area contributed by atoms with Crippen molar-refractivity contribution in [3.63, 3.8) is 0 Å². The highest BCUT2D eigenvalue weighted by Crippen LogP contribution is 2.26. The first-order valence-corrected chi connectivity index (χ1v) is 12.1. The fraction of sp³-hybridized carbons (Fsp3) is 0.792. The molecule has 2 aliphatic heterocycles. The van der Waals surface area contributed by atoms with Crippen molar-refractivity contribution >= 4 is 12.0 Å². The molecule has 1 aromatic rings. The summed E-state index contributed by atoms with van der Waals surface area (Å²) in [5.74, 6) is 1.000. The first-order valence-electron chi connectivity index (χ1n) is 12.1. The number of piperidine rings is 1. The maximum Gasteiger partial charge on any atom is 0.410 e. The van der Waals surface area contributed by atoms with E-state index in [0.29, 0.717) is 17.5 Å². The normalized spacial score (nSPS) is 22.2.